The summed E-state index contributed by atoms with van der Waals surface area (Å²) in [5, 5.41) is 17.5. The number of carbonyl (C=O) groups excluding carboxylic acids is 2. The zero-order valence-corrected chi connectivity index (χ0v) is 29.2. The third-order valence-electron chi connectivity index (χ3n) is 10.1. The van der Waals surface area contributed by atoms with E-state index in [-0.39, 0.29) is 17.7 Å². The first-order valence-electron chi connectivity index (χ1n) is 17.9. The van der Waals surface area contributed by atoms with E-state index in [9.17, 15) is 9.59 Å². The summed E-state index contributed by atoms with van der Waals surface area (Å²) in [5.74, 6) is 0.760. The van der Waals surface area contributed by atoms with Crippen LogP contribution in [0.5, 0.6) is 0 Å². The van der Waals surface area contributed by atoms with Crippen molar-refractivity contribution in [1.29, 1.82) is 0 Å². The van der Waals surface area contributed by atoms with Crippen LogP contribution in [0.1, 0.15) is 73.1 Å². The Morgan fingerprint density at radius 2 is 1.49 bits per heavy atom. The molecule has 1 N–H and O–H groups in total. The van der Waals surface area contributed by atoms with E-state index in [4.69, 9.17) is 11.7 Å². The molecule has 51 heavy (non-hydrogen) atoms. The number of benzene rings is 4. The average Bonchev–Trinajstić information content (AvgIpc) is 3.68. The van der Waals surface area contributed by atoms with E-state index < -0.39 is 11.6 Å². The zero-order chi connectivity index (χ0) is 35.5. The van der Waals surface area contributed by atoms with Gasteiger partial charge in [0.05, 0.1) is 12.6 Å². The second-order valence-corrected chi connectivity index (χ2v) is 13.5. The molecular formula is C42H45N7O2. The van der Waals surface area contributed by atoms with Crippen molar-refractivity contribution in [2.24, 2.45) is 5.92 Å². The Hall–Kier alpha value is -5.62. The van der Waals surface area contributed by atoms with Gasteiger partial charge in [-0.05, 0) is 53.5 Å². The Balaban J connectivity index is 1.12. The predicted molar refractivity (Wildman–Crippen MR) is 198 cm³/mol. The van der Waals surface area contributed by atoms with Gasteiger partial charge in [0, 0.05) is 38.8 Å². The fourth-order valence-corrected chi connectivity index (χ4v) is 7.09. The fraction of sp³-hybridized carbons (Fsp3) is 0.333. The standard InChI is InChI=1S/C42H45N7O2/c1-3-42(36-17-11-6-12-18-36,31-35-15-9-5-10-16-35)49-46-41(45-47-49)38(29-33-13-7-4-8-14-33)44-39(50)30-34-25-27-48(28-26-34)40(51)24-21-32-19-22-37(43-2)23-20-32/h4-20,22-23,34,38H,3,21,24-31H2,1H3,(H,44,50). The van der Waals surface area contributed by atoms with Crippen molar-refractivity contribution in [3.63, 3.8) is 0 Å². The Morgan fingerprint density at radius 3 is 2.12 bits per heavy atom. The number of hydrogen-bond donors (Lipinski definition) is 1. The number of nitrogens with one attached hydrogen (secondary N) is 1. The molecule has 1 fully saturated rings. The lowest BCUT2D eigenvalue weighted by atomic mass is 9.82. The minimum Gasteiger partial charge on any atom is -0.346 e. The summed E-state index contributed by atoms with van der Waals surface area (Å²) in [7, 11) is 0. The first-order chi connectivity index (χ1) is 25.0. The molecule has 1 saturated heterocycles. The number of rotatable bonds is 14. The summed E-state index contributed by atoms with van der Waals surface area (Å²) >= 11 is 0. The summed E-state index contributed by atoms with van der Waals surface area (Å²) in [6.07, 6.45) is 5.01. The van der Waals surface area contributed by atoms with Crippen molar-refractivity contribution in [2.45, 2.75) is 69.9 Å². The molecule has 2 heterocycles. The van der Waals surface area contributed by atoms with Gasteiger partial charge in [-0.2, -0.15) is 4.80 Å². The monoisotopic (exact) mass is 679 g/mol. The highest BCUT2D eigenvalue weighted by Gasteiger charge is 2.37. The number of tetrazole rings is 1. The lowest BCUT2D eigenvalue weighted by Gasteiger charge is -2.32. The summed E-state index contributed by atoms with van der Waals surface area (Å²) in [6, 6.07) is 37.7. The number of nitrogens with zero attached hydrogens (tertiary/aromatic N) is 6. The quantitative estimate of drug-likeness (QED) is 0.125. The van der Waals surface area contributed by atoms with Gasteiger partial charge in [-0.25, -0.2) is 4.85 Å². The summed E-state index contributed by atoms with van der Waals surface area (Å²) in [4.78, 5) is 33.7. The Labute approximate surface area is 300 Å². The summed E-state index contributed by atoms with van der Waals surface area (Å²) in [6.45, 7) is 10.6. The SMILES string of the molecule is [C-]#[N+]c1ccc(CCC(=O)N2CCC(CC(=O)NC(Cc3ccccc3)c3nnn(C(CC)(Cc4ccccc4)c4ccccc4)n3)CC2)cc1. The third-order valence-corrected chi connectivity index (χ3v) is 10.1. The third kappa shape index (κ3) is 8.95. The van der Waals surface area contributed by atoms with Gasteiger partial charge < -0.3 is 10.2 Å². The molecule has 9 heteroatoms. The number of aromatic nitrogens is 4. The van der Waals surface area contributed by atoms with Crippen LogP contribution in [-0.2, 0) is 34.4 Å². The molecule has 0 saturated carbocycles. The van der Waals surface area contributed by atoms with E-state index in [0.29, 0.717) is 56.7 Å². The van der Waals surface area contributed by atoms with Crippen LogP contribution in [0.15, 0.2) is 115 Å². The minimum atomic E-state index is -0.566. The van der Waals surface area contributed by atoms with Crippen LogP contribution in [0.4, 0.5) is 5.69 Å². The topological polar surface area (TPSA) is 97.4 Å². The van der Waals surface area contributed by atoms with Crippen LogP contribution < -0.4 is 5.32 Å². The van der Waals surface area contributed by atoms with Crippen LogP contribution in [0.2, 0.25) is 0 Å². The lowest BCUT2D eigenvalue weighted by Crippen LogP contribution is -2.40. The first-order valence-corrected chi connectivity index (χ1v) is 17.9. The number of aryl methyl sites for hydroxylation is 1. The van der Waals surface area contributed by atoms with Gasteiger partial charge in [0.25, 0.3) is 0 Å². The van der Waals surface area contributed by atoms with Crippen LogP contribution in [-0.4, -0.2) is 50.0 Å². The van der Waals surface area contributed by atoms with Gasteiger partial charge in [-0.15, -0.1) is 10.2 Å². The van der Waals surface area contributed by atoms with Crippen molar-refractivity contribution in [1.82, 2.24) is 30.4 Å². The molecule has 0 spiro atoms. The van der Waals surface area contributed by atoms with Crippen LogP contribution >= 0.6 is 0 Å². The van der Waals surface area contributed by atoms with Crippen LogP contribution in [0.25, 0.3) is 4.85 Å². The first kappa shape index (κ1) is 35.2. The van der Waals surface area contributed by atoms with Gasteiger partial charge in [0.1, 0.15) is 5.54 Å². The minimum absolute atomic E-state index is 0.0472. The normalized spacial score (nSPS) is 15.0. The maximum absolute atomic E-state index is 13.6. The maximum atomic E-state index is 13.6. The van der Waals surface area contributed by atoms with Gasteiger partial charge in [0.15, 0.2) is 11.5 Å². The Morgan fingerprint density at radius 1 is 0.863 bits per heavy atom. The van der Waals surface area contributed by atoms with Gasteiger partial charge in [-0.3, -0.25) is 9.59 Å². The molecule has 1 aliphatic rings. The van der Waals surface area contributed by atoms with Crippen molar-refractivity contribution < 1.29 is 9.59 Å². The molecule has 2 atom stereocenters. The van der Waals surface area contributed by atoms with Crippen molar-refractivity contribution in [3.8, 4) is 0 Å². The second kappa shape index (κ2) is 16.9. The maximum Gasteiger partial charge on any atom is 0.222 e. The average molecular weight is 680 g/mol. The van der Waals surface area contributed by atoms with Crippen LogP contribution in [0, 0.1) is 12.5 Å². The summed E-state index contributed by atoms with van der Waals surface area (Å²) in [5.41, 5.74) is 4.44. The van der Waals surface area contributed by atoms with E-state index in [1.54, 1.807) is 16.9 Å². The summed E-state index contributed by atoms with van der Waals surface area (Å²) < 4.78 is 0. The van der Waals surface area contributed by atoms with Gasteiger partial charge >= 0.3 is 0 Å². The molecule has 2 unspecified atom stereocenters. The molecule has 9 nitrogen and oxygen atoms in total. The number of hydrogen-bond acceptors (Lipinski definition) is 5. The zero-order valence-electron chi connectivity index (χ0n) is 29.2. The molecule has 1 aliphatic heterocycles. The number of amides is 2. The molecule has 5 aromatic rings. The number of piperidine rings is 1. The predicted octanol–water partition coefficient (Wildman–Crippen LogP) is 7.28. The van der Waals surface area contributed by atoms with E-state index in [0.717, 1.165) is 36.0 Å². The highest BCUT2D eigenvalue weighted by molar-refractivity contribution is 5.77. The van der Waals surface area contributed by atoms with E-state index >= 15 is 0 Å². The molecule has 6 rings (SSSR count). The smallest absolute Gasteiger partial charge is 0.222 e. The van der Waals surface area contributed by atoms with Crippen molar-refractivity contribution in [2.75, 3.05) is 13.1 Å². The van der Waals surface area contributed by atoms with Gasteiger partial charge in [0.2, 0.25) is 11.8 Å². The molecule has 2 amide bonds. The molecule has 260 valence electrons. The van der Waals surface area contributed by atoms with Crippen LogP contribution in [0.3, 0.4) is 0 Å². The Kier molecular flexibility index (Phi) is 11.6. The Bertz CT molecular complexity index is 1900. The van der Waals surface area contributed by atoms with E-state index in [2.05, 4.69) is 63.8 Å². The largest absolute Gasteiger partial charge is 0.346 e. The molecule has 0 radical (unpaired) electrons. The number of likely N-dealkylation sites (tertiary alicyclic amines) is 1. The molecule has 4 aromatic carbocycles. The van der Waals surface area contributed by atoms with E-state index in [1.165, 1.54) is 5.56 Å². The van der Waals surface area contributed by atoms with Crippen molar-refractivity contribution >= 4 is 17.5 Å². The highest BCUT2D eigenvalue weighted by atomic mass is 16.2. The second-order valence-electron chi connectivity index (χ2n) is 13.5. The fourth-order valence-electron chi connectivity index (χ4n) is 7.09. The molecule has 0 bridgehead atoms. The highest BCUT2D eigenvalue weighted by Crippen LogP contribution is 2.33. The van der Waals surface area contributed by atoms with E-state index in [1.807, 2.05) is 71.6 Å². The number of carbonyl (C=O) groups is 2. The van der Waals surface area contributed by atoms with Crippen molar-refractivity contribution in [3.05, 3.63) is 155 Å². The molecule has 0 aliphatic carbocycles. The molecule has 1 aromatic heterocycles. The lowest BCUT2D eigenvalue weighted by molar-refractivity contribution is -0.132. The van der Waals surface area contributed by atoms with Gasteiger partial charge in [-0.1, -0.05) is 128 Å². The molecular weight excluding hydrogens is 635 g/mol.